The Hall–Kier alpha value is -3.99. The molecule has 0 saturated heterocycles. The molecule has 0 bridgehead atoms. The summed E-state index contributed by atoms with van der Waals surface area (Å²) in [5.41, 5.74) is 14.2. The van der Waals surface area contributed by atoms with Crippen LogP contribution in [-0.2, 0) is 4.79 Å². The van der Waals surface area contributed by atoms with Gasteiger partial charge < -0.3 is 16.4 Å². The summed E-state index contributed by atoms with van der Waals surface area (Å²) >= 11 is 0. The van der Waals surface area contributed by atoms with E-state index in [-0.39, 0.29) is 22.9 Å². The lowest BCUT2D eigenvalue weighted by atomic mass is 9.87. The van der Waals surface area contributed by atoms with Crippen LogP contribution in [0.5, 0.6) is 0 Å². The number of hydrogen-bond donors (Lipinski definition) is 2. The molecule has 162 valence electrons. The third-order valence-corrected chi connectivity index (χ3v) is 5.79. The highest BCUT2D eigenvalue weighted by Crippen LogP contribution is 2.43. The molecule has 2 atom stereocenters. The molecular formula is C24H21F2N5O. The Bertz CT molecular complexity index is 1220. The normalized spacial score (nSPS) is 20.6. The van der Waals surface area contributed by atoms with E-state index in [0.29, 0.717) is 24.1 Å². The van der Waals surface area contributed by atoms with Crippen LogP contribution in [-0.4, -0.2) is 22.8 Å². The molecule has 0 radical (unpaired) electrons. The van der Waals surface area contributed by atoms with Crippen LogP contribution in [0.15, 0.2) is 59.2 Å². The molecule has 6 nitrogen and oxygen atoms in total. The Kier molecular flexibility index (Phi) is 5.49. The summed E-state index contributed by atoms with van der Waals surface area (Å²) in [5, 5.41) is 9.16. The number of allylic oxidation sites excluding steroid dienone is 1. The summed E-state index contributed by atoms with van der Waals surface area (Å²) in [6.07, 6.45) is 2.32. The van der Waals surface area contributed by atoms with E-state index in [0.717, 1.165) is 17.2 Å². The second-order valence-electron chi connectivity index (χ2n) is 7.86. The Labute approximate surface area is 184 Å². The monoisotopic (exact) mass is 433 g/mol. The molecule has 0 spiro atoms. The van der Waals surface area contributed by atoms with Crippen LogP contribution in [0.1, 0.15) is 36.5 Å². The van der Waals surface area contributed by atoms with Gasteiger partial charge in [-0.2, -0.15) is 5.26 Å². The number of aliphatic imine (C=N–C) groups is 1. The van der Waals surface area contributed by atoms with E-state index in [1.54, 1.807) is 29.2 Å². The lowest BCUT2D eigenvalue weighted by Crippen LogP contribution is -2.39. The first-order valence-corrected chi connectivity index (χ1v) is 10.1. The summed E-state index contributed by atoms with van der Waals surface area (Å²) in [4.78, 5) is 18.1. The minimum atomic E-state index is -0.749. The van der Waals surface area contributed by atoms with E-state index in [9.17, 15) is 9.18 Å². The van der Waals surface area contributed by atoms with Gasteiger partial charge in [0.05, 0.1) is 22.9 Å². The van der Waals surface area contributed by atoms with Gasteiger partial charge in [0.2, 0.25) is 0 Å². The molecule has 4 N–H and O–H groups in total. The van der Waals surface area contributed by atoms with E-state index in [1.807, 2.05) is 6.92 Å². The summed E-state index contributed by atoms with van der Waals surface area (Å²) in [5.74, 6) is -2.18. The van der Waals surface area contributed by atoms with E-state index in [1.165, 1.54) is 18.3 Å². The quantitative estimate of drug-likeness (QED) is 0.772. The van der Waals surface area contributed by atoms with Crippen molar-refractivity contribution in [1.29, 1.82) is 5.26 Å². The fourth-order valence-corrected chi connectivity index (χ4v) is 4.22. The smallest absolute Gasteiger partial charge is 0.253 e. The number of nitrogens with two attached hydrogens (primary N) is 2. The fraction of sp³-hybridized carbons (Fsp3) is 0.208. The molecular weight excluding hydrogens is 412 g/mol. The molecule has 2 heterocycles. The van der Waals surface area contributed by atoms with E-state index < -0.39 is 23.7 Å². The SMILES string of the molecule is CC1CCC2N=C(N)C(C(N)=O)=CN2C(c2ccc(F)cc2F)=C1c1ccc(C#N)cc1. The predicted molar refractivity (Wildman–Crippen MR) is 117 cm³/mol. The minimum absolute atomic E-state index is 0.0231. The Morgan fingerprint density at radius 2 is 1.91 bits per heavy atom. The first-order valence-electron chi connectivity index (χ1n) is 10.1. The summed E-state index contributed by atoms with van der Waals surface area (Å²) in [6, 6.07) is 12.4. The maximum atomic E-state index is 15.1. The number of rotatable bonds is 3. The Balaban J connectivity index is 2.03. The van der Waals surface area contributed by atoms with Crippen molar-refractivity contribution >= 4 is 23.0 Å². The van der Waals surface area contributed by atoms with Gasteiger partial charge in [-0.1, -0.05) is 19.1 Å². The van der Waals surface area contributed by atoms with Crippen LogP contribution in [0, 0.1) is 28.9 Å². The number of nitriles is 1. The summed E-state index contributed by atoms with van der Waals surface area (Å²) in [6.45, 7) is 2.01. The van der Waals surface area contributed by atoms with Crippen LogP contribution in [0.2, 0.25) is 0 Å². The molecule has 8 heteroatoms. The van der Waals surface area contributed by atoms with Crippen molar-refractivity contribution in [2.75, 3.05) is 0 Å². The van der Waals surface area contributed by atoms with Crippen molar-refractivity contribution in [2.24, 2.45) is 22.4 Å². The van der Waals surface area contributed by atoms with Crippen LogP contribution >= 0.6 is 0 Å². The van der Waals surface area contributed by atoms with Gasteiger partial charge in [-0.3, -0.25) is 4.79 Å². The molecule has 0 aliphatic carbocycles. The van der Waals surface area contributed by atoms with E-state index >= 15 is 4.39 Å². The number of amides is 1. The van der Waals surface area contributed by atoms with Gasteiger partial charge in [0.1, 0.15) is 23.6 Å². The average molecular weight is 433 g/mol. The lowest BCUT2D eigenvalue weighted by Gasteiger charge is -2.34. The maximum Gasteiger partial charge on any atom is 0.253 e. The van der Waals surface area contributed by atoms with Crippen molar-refractivity contribution in [3.8, 4) is 6.07 Å². The minimum Gasteiger partial charge on any atom is -0.383 e. The molecule has 0 saturated carbocycles. The molecule has 0 fully saturated rings. The van der Waals surface area contributed by atoms with Gasteiger partial charge in [-0.15, -0.1) is 0 Å². The van der Waals surface area contributed by atoms with Gasteiger partial charge >= 0.3 is 0 Å². The first-order chi connectivity index (χ1) is 15.3. The van der Waals surface area contributed by atoms with Crippen molar-refractivity contribution in [3.63, 3.8) is 0 Å². The third kappa shape index (κ3) is 3.73. The van der Waals surface area contributed by atoms with E-state index in [4.69, 9.17) is 16.7 Å². The fourth-order valence-electron chi connectivity index (χ4n) is 4.22. The van der Waals surface area contributed by atoms with Crippen LogP contribution < -0.4 is 11.5 Å². The second kappa shape index (κ2) is 8.27. The number of halogens is 2. The van der Waals surface area contributed by atoms with Crippen LogP contribution in [0.25, 0.3) is 11.3 Å². The zero-order valence-corrected chi connectivity index (χ0v) is 17.3. The molecule has 32 heavy (non-hydrogen) atoms. The number of amidine groups is 1. The molecule has 2 aromatic carbocycles. The third-order valence-electron chi connectivity index (χ3n) is 5.79. The van der Waals surface area contributed by atoms with Gasteiger partial charge in [-0.05, 0) is 54.2 Å². The van der Waals surface area contributed by atoms with Crippen LogP contribution in [0.4, 0.5) is 8.78 Å². The summed E-state index contributed by atoms with van der Waals surface area (Å²) < 4.78 is 28.8. The summed E-state index contributed by atoms with van der Waals surface area (Å²) in [7, 11) is 0. The van der Waals surface area contributed by atoms with Crippen LogP contribution in [0.3, 0.4) is 0 Å². The second-order valence-corrected chi connectivity index (χ2v) is 7.86. The first kappa shape index (κ1) is 21.2. The molecule has 2 aromatic rings. The molecule has 2 aliphatic heterocycles. The van der Waals surface area contributed by atoms with Crippen molar-refractivity contribution in [3.05, 3.63) is 82.6 Å². The number of carbonyl (C=O) groups excluding carboxylic acids is 1. The largest absolute Gasteiger partial charge is 0.383 e. The predicted octanol–water partition coefficient (Wildman–Crippen LogP) is 3.50. The van der Waals surface area contributed by atoms with E-state index in [2.05, 4.69) is 11.1 Å². The van der Waals surface area contributed by atoms with Gasteiger partial charge in [-0.25, -0.2) is 13.8 Å². The Morgan fingerprint density at radius 1 is 1.19 bits per heavy atom. The van der Waals surface area contributed by atoms with Gasteiger partial charge in [0.25, 0.3) is 5.91 Å². The topological polar surface area (TPSA) is 108 Å². The molecule has 4 rings (SSSR count). The number of nitrogens with zero attached hydrogens (tertiary/aromatic N) is 3. The zero-order valence-electron chi connectivity index (χ0n) is 17.3. The number of primary amides is 1. The molecule has 2 aliphatic rings. The zero-order chi connectivity index (χ0) is 23.0. The Morgan fingerprint density at radius 3 is 2.53 bits per heavy atom. The van der Waals surface area contributed by atoms with Crippen molar-refractivity contribution < 1.29 is 13.6 Å². The standard InChI is InChI=1S/C24H21F2N5O/c1-13-2-9-20-30-23(28)18(24(29)32)12-31(20)22(17-8-7-16(25)10-19(17)26)21(13)15-5-3-14(11-27)4-6-15/h3-8,10,12-13,20H,2,9H2,1H3,(H2,28,30)(H2,29,32). The number of benzene rings is 2. The number of hydrogen-bond acceptors (Lipinski definition) is 5. The van der Waals surface area contributed by atoms with Gasteiger partial charge in [0.15, 0.2) is 0 Å². The highest BCUT2D eigenvalue weighted by atomic mass is 19.1. The molecule has 0 aromatic heterocycles. The van der Waals surface area contributed by atoms with Crippen molar-refractivity contribution in [1.82, 2.24) is 4.90 Å². The highest BCUT2D eigenvalue weighted by molar-refractivity contribution is 6.20. The highest BCUT2D eigenvalue weighted by Gasteiger charge is 2.35. The number of fused-ring (bicyclic) bond motifs is 1. The molecule has 2 unspecified atom stereocenters. The maximum absolute atomic E-state index is 15.1. The van der Waals surface area contributed by atoms with Gasteiger partial charge in [0, 0.05) is 17.8 Å². The molecule has 1 amide bonds. The lowest BCUT2D eigenvalue weighted by molar-refractivity contribution is -0.114. The average Bonchev–Trinajstić information content (AvgIpc) is 2.89. The van der Waals surface area contributed by atoms with Crippen molar-refractivity contribution in [2.45, 2.75) is 25.9 Å². The number of carbonyl (C=O) groups is 1.